The molecule has 1 saturated carbocycles. The van der Waals surface area contributed by atoms with Crippen molar-refractivity contribution in [2.45, 2.75) is 45.4 Å². The Hall–Kier alpha value is -1.06. The van der Waals surface area contributed by atoms with E-state index in [2.05, 4.69) is 30.4 Å². The maximum Gasteiger partial charge on any atom is 0.0604 e. The van der Waals surface area contributed by atoms with Gasteiger partial charge in [-0.15, -0.1) is 0 Å². The molecular weight excluding hydrogens is 212 g/mol. The predicted molar refractivity (Wildman–Crippen MR) is 70.9 cm³/mol. The van der Waals surface area contributed by atoms with Gasteiger partial charge >= 0.3 is 0 Å². The van der Waals surface area contributed by atoms with E-state index in [1.54, 1.807) is 0 Å². The lowest BCUT2D eigenvalue weighted by molar-refractivity contribution is -0.0102. The Morgan fingerprint density at radius 3 is 2.82 bits per heavy atom. The highest BCUT2D eigenvalue weighted by atomic mass is 16.5. The van der Waals surface area contributed by atoms with Crippen molar-refractivity contribution in [1.29, 1.82) is 0 Å². The summed E-state index contributed by atoms with van der Waals surface area (Å²) < 4.78 is 5.53. The molecular formula is C14H22N2O. The van der Waals surface area contributed by atoms with E-state index in [0.29, 0.717) is 12.1 Å². The van der Waals surface area contributed by atoms with Crippen LogP contribution in [0.1, 0.15) is 30.9 Å². The van der Waals surface area contributed by atoms with E-state index in [4.69, 9.17) is 10.5 Å². The van der Waals surface area contributed by atoms with Gasteiger partial charge in [0.25, 0.3) is 0 Å². The van der Waals surface area contributed by atoms with Crippen molar-refractivity contribution in [3.05, 3.63) is 29.3 Å². The third kappa shape index (κ3) is 3.20. The molecule has 1 aromatic rings. The van der Waals surface area contributed by atoms with Crippen molar-refractivity contribution < 1.29 is 4.74 Å². The van der Waals surface area contributed by atoms with E-state index in [-0.39, 0.29) is 0 Å². The maximum absolute atomic E-state index is 5.89. The van der Waals surface area contributed by atoms with Crippen molar-refractivity contribution in [2.75, 3.05) is 12.3 Å². The fourth-order valence-electron chi connectivity index (χ4n) is 2.17. The summed E-state index contributed by atoms with van der Waals surface area (Å²) in [5.41, 5.74) is 9.17. The van der Waals surface area contributed by atoms with E-state index < -0.39 is 0 Å². The summed E-state index contributed by atoms with van der Waals surface area (Å²) in [6.07, 6.45) is 2.74. The van der Waals surface area contributed by atoms with Crippen LogP contribution in [0.3, 0.4) is 0 Å². The quantitative estimate of drug-likeness (QED) is 0.768. The lowest BCUT2D eigenvalue weighted by Crippen LogP contribution is -2.45. The molecule has 1 aliphatic rings. The van der Waals surface area contributed by atoms with Crippen LogP contribution in [0.5, 0.6) is 0 Å². The zero-order valence-corrected chi connectivity index (χ0v) is 10.7. The molecule has 0 radical (unpaired) electrons. The highest BCUT2D eigenvalue weighted by Gasteiger charge is 2.28. The van der Waals surface area contributed by atoms with E-state index >= 15 is 0 Å². The lowest BCUT2D eigenvalue weighted by Gasteiger charge is -2.35. The third-order valence-corrected chi connectivity index (χ3v) is 3.44. The normalized spacial score (nSPS) is 23.4. The highest BCUT2D eigenvalue weighted by molar-refractivity contribution is 5.48. The standard InChI is InChI=1S/C14H22N2O/c1-3-17-13-7-12(8-13)16-9-11-5-4-10(2)14(15)6-11/h4-6,12-13,16H,3,7-9,15H2,1-2H3. The molecule has 17 heavy (non-hydrogen) atoms. The number of anilines is 1. The number of hydrogen-bond donors (Lipinski definition) is 2. The van der Waals surface area contributed by atoms with E-state index in [1.165, 1.54) is 5.56 Å². The average Bonchev–Trinajstić information content (AvgIpc) is 2.26. The van der Waals surface area contributed by atoms with Crippen molar-refractivity contribution in [2.24, 2.45) is 0 Å². The van der Waals surface area contributed by atoms with Crippen LogP contribution >= 0.6 is 0 Å². The molecule has 0 heterocycles. The van der Waals surface area contributed by atoms with Gasteiger partial charge in [0.15, 0.2) is 0 Å². The second-order valence-corrected chi connectivity index (χ2v) is 4.82. The molecule has 1 aliphatic carbocycles. The summed E-state index contributed by atoms with van der Waals surface area (Å²) >= 11 is 0. The molecule has 0 spiro atoms. The van der Waals surface area contributed by atoms with Crippen LogP contribution in [0.15, 0.2) is 18.2 Å². The SMILES string of the molecule is CCOC1CC(NCc2ccc(C)c(N)c2)C1. The fourth-order valence-corrected chi connectivity index (χ4v) is 2.17. The van der Waals surface area contributed by atoms with Crippen molar-refractivity contribution in [3.8, 4) is 0 Å². The topological polar surface area (TPSA) is 47.3 Å². The molecule has 1 fully saturated rings. The molecule has 0 unspecified atom stereocenters. The van der Waals surface area contributed by atoms with Gasteiger partial charge in [0.05, 0.1) is 6.10 Å². The fraction of sp³-hybridized carbons (Fsp3) is 0.571. The second kappa shape index (κ2) is 5.52. The molecule has 1 aromatic carbocycles. The summed E-state index contributed by atoms with van der Waals surface area (Å²) in [7, 11) is 0. The first-order valence-corrected chi connectivity index (χ1v) is 6.39. The van der Waals surface area contributed by atoms with Gasteiger partial charge in [-0.25, -0.2) is 0 Å². The van der Waals surface area contributed by atoms with Gasteiger partial charge in [-0.05, 0) is 43.9 Å². The Morgan fingerprint density at radius 1 is 1.41 bits per heavy atom. The Labute approximate surface area is 103 Å². The van der Waals surface area contributed by atoms with E-state index in [0.717, 1.165) is 37.2 Å². The number of benzene rings is 1. The minimum absolute atomic E-state index is 0.473. The zero-order chi connectivity index (χ0) is 12.3. The summed E-state index contributed by atoms with van der Waals surface area (Å²) in [5, 5.41) is 3.53. The van der Waals surface area contributed by atoms with Crippen molar-refractivity contribution in [3.63, 3.8) is 0 Å². The molecule has 2 rings (SSSR count). The van der Waals surface area contributed by atoms with Crippen molar-refractivity contribution >= 4 is 5.69 Å². The largest absolute Gasteiger partial charge is 0.399 e. The van der Waals surface area contributed by atoms with Gasteiger partial charge in [-0.1, -0.05) is 12.1 Å². The summed E-state index contributed by atoms with van der Waals surface area (Å²) in [4.78, 5) is 0. The van der Waals surface area contributed by atoms with E-state index in [1.807, 2.05) is 6.92 Å². The van der Waals surface area contributed by atoms with Gasteiger partial charge in [0.2, 0.25) is 0 Å². The first-order valence-electron chi connectivity index (χ1n) is 6.39. The Balaban J connectivity index is 1.74. The first-order chi connectivity index (χ1) is 8.19. The molecule has 0 atom stereocenters. The Morgan fingerprint density at radius 2 is 2.18 bits per heavy atom. The van der Waals surface area contributed by atoms with Gasteiger partial charge in [0, 0.05) is 24.9 Å². The van der Waals surface area contributed by atoms with Gasteiger partial charge in [-0.3, -0.25) is 0 Å². The second-order valence-electron chi connectivity index (χ2n) is 4.82. The zero-order valence-electron chi connectivity index (χ0n) is 10.7. The van der Waals surface area contributed by atoms with Crippen molar-refractivity contribution in [1.82, 2.24) is 5.32 Å². The molecule has 3 heteroatoms. The molecule has 3 N–H and O–H groups in total. The van der Waals surface area contributed by atoms with Crippen LogP contribution in [-0.2, 0) is 11.3 Å². The molecule has 0 aliphatic heterocycles. The van der Waals surface area contributed by atoms with Gasteiger partial charge in [-0.2, -0.15) is 0 Å². The smallest absolute Gasteiger partial charge is 0.0604 e. The number of hydrogen-bond acceptors (Lipinski definition) is 3. The molecule has 0 bridgehead atoms. The van der Waals surface area contributed by atoms with Gasteiger partial charge in [0.1, 0.15) is 0 Å². The number of nitrogens with two attached hydrogens (primary N) is 1. The number of nitrogen functional groups attached to an aromatic ring is 1. The molecule has 0 aromatic heterocycles. The number of ether oxygens (including phenoxy) is 1. The Kier molecular flexibility index (Phi) is 4.02. The molecule has 0 saturated heterocycles. The Bertz CT molecular complexity index is 372. The van der Waals surface area contributed by atoms with Crippen LogP contribution in [-0.4, -0.2) is 18.8 Å². The van der Waals surface area contributed by atoms with Crippen LogP contribution in [0.4, 0.5) is 5.69 Å². The molecule has 0 amide bonds. The number of nitrogens with one attached hydrogen (secondary N) is 1. The van der Waals surface area contributed by atoms with E-state index in [9.17, 15) is 0 Å². The van der Waals surface area contributed by atoms with Crippen LogP contribution in [0, 0.1) is 6.92 Å². The maximum atomic E-state index is 5.89. The lowest BCUT2D eigenvalue weighted by atomic mass is 9.89. The summed E-state index contributed by atoms with van der Waals surface area (Å²) in [6, 6.07) is 6.88. The number of aryl methyl sites for hydroxylation is 1. The average molecular weight is 234 g/mol. The summed E-state index contributed by atoms with van der Waals surface area (Å²) in [6.45, 7) is 5.81. The van der Waals surface area contributed by atoms with Gasteiger partial charge < -0.3 is 15.8 Å². The monoisotopic (exact) mass is 234 g/mol. The minimum Gasteiger partial charge on any atom is -0.399 e. The minimum atomic E-state index is 0.473. The predicted octanol–water partition coefficient (Wildman–Crippen LogP) is 2.23. The highest BCUT2D eigenvalue weighted by Crippen LogP contribution is 2.23. The third-order valence-electron chi connectivity index (χ3n) is 3.44. The number of rotatable bonds is 5. The molecule has 3 nitrogen and oxygen atoms in total. The first kappa shape index (κ1) is 12.4. The van der Waals surface area contributed by atoms with Crippen LogP contribution < -0.4 is 11.1 Å². The van der Waals surface area contributed by atoms with Crippen LogP contribution in [0.25, 0.3) is 0 Å². The summed E-state index contributed by atoms with van der Waals surface area (Å²) in [5.74, 6) is 0. The molecule has 94 valence electrons. The van der Waals surface area contributed by atoms with Crippen LogP contribution in [0.2, 0.25) is 0 Å².